The molecule has 0 aliphatic carbocycles. The van der Waals surface area contributed by atoms with Crippen molar-refractivity contribution in [3.63, 3.8) is 0 Å². The Balaban J connectivity index is 3.47. The highest BCUT2D eigenvalue weighted by atomic mass is 16.5. The van der Waals surface area contributed by atoms with Crippen LogP contribution in [0, 0.1) is 0 Å². The van der Waals surface area contributed by atoms with Crippen LogP contribution in [0.1, 0.15) is 92.4 Å². The smallest absolute Gasteiger partial charge is 0.0976 e. The standard InChI is InChI=1S/C21H40O2/c1-7-8-9-10-11-12-13-14-15-16-19(2)23-20(3)17-18-22-21(4,5)6/h8-9,20H,2,7,10-18H2,1,3-6H3/b9-8+. The van der Waals surface area contributed by atoms with Crippen LogP contribution in [0.15, 0.2) is 24.5 Å². The quantitative estimate of drug-likeness (QED) is 0.198. The molecule has 0 bridgehead atoms. The molecule has 0 aliphatic heterocycles. The number of rotatable bonds is 14. The molecule has 0 fully saturated rings. The number of hydrogen-bond acceptors (Lipinski definition) is 2. The van der Waals surface area contributed by atoms with E-state index in [1.165, 1.54) is 38.5 Å². The lowest BCUT2D eigenvalue weighted by atomic mass is 10.1. The SMILES string of the molecule is C=C(CCCCCCC/C=C/CC)OC(C)CCOC(C)(C)C. The molecule has 2 nitrogen and oxygen atoms in total. The maximum absolute atomic E-state index is 5.85. The van der Waals surface area contributed by atoms with Gasteiger partial charge in [0, 0.05) is 12.8 Å². The van der Waals surface area contributed by atoms with E-state index in [0.717, 1.165) is 31.6 Å². The van der Waals surface area contributed by atoms with E-state index >= 15 is 0 Å². The minimum absolute atomic E-state index is 0.0664. The summed E-state index contributed by atoms with van der Waals surface area (Å²) in [5, 5.41) is 0. The Morgan fingerprint density at radius 1 is 1.04 bits per heavy atom. The first-order valence-electron chi connectivity index (χ1n) is 9.48. The minimum Gasteiger partial charge on any atom is -0.496 e. The van der Waals surface area contributed by atoms with Gasteiger partial charge in [-0.25, -0.2) is 0 Å². The van der Waals surface area contributed by atoms with Gasteiger partial charge in [0.2, 0.25) is 0 Å². The fourth-order valence-corrected chi connectivity index (χ4v) is 2.33. The summed E-state index contributed by atoms with van der Waals surface area (Å²) in [5.41, 5.74) is -0.0664. The normalized spacial score (nSPS) is 13.4. The number of unbranched alkanes of at least 4 members (excludes halogenated alkanes) is 5. The molecule has 23 heavy (non-hydrogen) atoms. The molecule has 0 heterocycles. The van der Waals surface area contributed by atoms with Crippen molar-refractivity contribution in [1.82, 2.24) is 0 Å². The molecular weight excluding hydrogens is 284 g/mol. The molecule has 136 valence electrons. The van der Waals surface area contributed by atoms with Crippen LogP contribution in [0.4, 0.5) is 0 Å². The summed E-state index contributed by atoms with van der Waals surface area (Å²) in [6, 6.07) is 0. The summed E-state index contributed by atoms with van der Waals surface area (Å²) in [5.74, 6) is 0.930. The van der Waals surface area contributed by atoms with Crippen LogP contribution in [0.25, 0.3) is 0 Å². The van der Waals surface area contributed by atoms with Crippen molar-refractivity contribution in [2.24, 2.45) is 0 Å². The summed E-state index contributed by atoms with van der Waals surface area (Å²) in [7, 11) is 0. The van der Waals surface area contributed by atoms with E-state index < -0.39 is 0 Å². The second kappa shape index (κ2) is 13.7. The van der Waals surface area contributed by atoms with E-state index in [1.54, 1.807) is 0 Å². The molecule has 0 spiro atoms. The zero-order valence-corrected chi connectivity index (χ0v) is 16.3. The lowest BCUT2D eigenvalue weighted by molar-refractivity contribution is -0.0205. The molecule has 0 aromatic carbocycles. The Bertz CT molecular complexity index is 312. The number of allylic oxidation sites excluding steroid dienone is 3. The van der Waals surface area contributed by atoms with Crippen LogP contribution >= 0.6 is 0 Å². The van der Waals surface area contributed by atoms with E-state index in [0.29, 0.717) is 0 Å². The van der Waals surface area contributed by atoms with Crippen molar-refractivity contribution in [3.05, 3.63) is 24.5 Å². The highest BCUT2D eigenvalue weighted by Gasteiger charge is 2.11. The minimum atomic E-state index is -0.0664. The van der Waals surface area contributed by atoms with Crippen LogP contribution < -0.4 is 0 Å². The highest BCUT2D eigenvalue weighted by Crippen LogP contribution is 2.15. The van der Waals surface area contributed by atoms with Gasteiger partial charge >= 0.3 is 0 Å². The van der Waals surface area contributed by atoms with Gasteiger partial charge in [0.15, 0.2) is 0 Å². The fourth-order valence-electron chi connectivity index (χ4n) is 2.33. The predicted molar refractivity (Wildman–Crippen MR) is 102 cm³/mol. The Morgan fingerprint density at radius 3 is 2.35 bits per heavy atom. The molecule has 0 amide bonds. The molecule has 0 saturated carbocycles. The fraction of sp³-hybridized carbons (Fsp3) is 0.810. The lowest BCUT2D eigenvalue weighted by Crippen LogP contribution is -2.22. The Labute approximate surface area is 145 Å². The van der Waals surface area contributed by atoms with Crippen molar-refractivity contribution >= 4 is 0 Å². The summed E-state index contributed by atoms with van der Waals surface area (Å²) in [4.78, 5) is 0. The van der Waals surface area contributed by atoms with Crippen LogP contribution in [0.3, 0.4) is 0 Å². The monoisotopic (exact) mass is 324 g/mol. The maximum Gasteiger partial charge on any atom is 0.0976 e. The van der Waals surface area contributed by atoms with Crippen molar-refractivity contribution in [2.45, 2.75) is 104 Å². The van der Waals surface area contributed by atoms with Gasteiger partial charge in [0.05, 0.1) is 24.1 Å². The van der Waals surface area contributed by atoms with E-state index in [9.17, 15) is 0 Å². The van der Waals surface area contributed by atoms with Crippen LogP contribution in [-0.4, -0.2) is 18.3 Å². The average Bonchev–Trinajstić information content (AvgIpc) is 2.44. The first-order valence-corrected chi connectivity index (χ1v) is 9.48. The van der Waals surface area contributed by atoms with Gasteiger partial charge in [-0.05, 0) is 53.4 Å². The molecule has 0 saturated heterocycles. The zero-order valence-electron chi connectivity index (χ0n) is 16.3. The summed E-state index contributed by atoms with van der Waals surface area (Å²) >= 11 is 0. The van der Waals surface area contributed by atoms with Crippen molar-refractivity contribution in [3.8, 4) is 0 Å². The van der Waals surface area contributed by atoms with E-state index in [4.69, 9.17) is 9.47 Å². The van der Waals surface area contributed by atoms with Crippen molar-refractivity contribution in [1.29, 1.82) is 0 Å². The summed E-state index contributed by atoms with van der Waals surface area (Å²) < 4.78 is 11.6. The topological polar surface area (TPSA) is 18.5 Å². The molecule has 0 aromatic heterocycles. The van der Waals surface area contributed by atoms with Gasteiger partial charge in [0.1, 0.15) is 0 Å². The third-order valence-corrected chi connectivity index (χ3v) is 3.66. The zero-order chi connectivity index (χ0) is 17.6. The molecule has 0 aromatic rings. The Kier molecular flexibility index (Phi) is 13.2. The number of hydrogen-bond donors (Lipinski definition) is 0. The van der Waals surface area contributed by atoms with Gasteiger partial charge in [-0.3, -0.25) is 0 Å². The lowest BCUT2D eigenvalue weighted by Gasteiger charge is -2.22. The van der Waals surface area contributed by atoms with Crippen molar-refractivity contribution in [2.75, 3.05) is 6.61 Å². The third-order valence-electron chi connectivity index (χ3n) is 3.66. The van der Waals surface area contributed by atoms with Gasteiger partial charge < -0.3 is 9.47 Å². The van der Waals surface area contributed by atoms with Crippen LogP contribution in [-0.2, 0) is 9.47 Å². The summed E-state index contributed by atoms with van der Waals surface area (Å²) in [6.45, 7) is 15.3. The average molecular weight is 325 g/mol. The molecular formula is C21H40O2. The molecule has 2 heteroatoms. The molecule has 0 rings (SSSR count). The predicted octanol–water partition coefficient (Wildman–Crippen LogP) is 6.81. The van der Waals surface area contributed by atoms with Gasteiger partial charge in [0.25, 0.3) is 0 Å². The largest absolute Gasteiger partial charge is 0.496 e. The Hall–Kier alpha value is -0.760. The number of ether oxygens (including phenoxy) is 2. The molecule has 0 aliphatic rings. The van der Waals surface area contributed by atoms with Crippen LogP contribution in [0.5, 0.6) is 0 Å². The molecule has 0 N–H and O–H groups in total. The Morgan fingerprint density at radius 2 is 1.70 bits per heavy atom. The first kappa shape index (κ1) is 22.2. The van der Waals surface area contributed by atoms with E-state index in [2.05, 4.69) is 53.3 Å². The van der Waals surface area contributed by atoms with E-state index in [1.807, 2.05) is 0 Å². The molecule has 0 radical (unpaired) electrons. The molecule has 1 atom stereocenters. The van der Waals surface area contributed by atoms with Gasteiger partial charge in [-0.15, -0.1) is 0 Å². The highest BCUT2D eigenvalue weighted by molar-refractivity contribution is 4.83. The summed E-state index contributed by atoms with van der Waals surface area (Å²) in [6.07, 6.45) is 15.5. The second-order valence-corrected chi connectivity index (χ2v) is 7.40. The van der Waals surface area contributed by atoms with Crippen molar-refractivity contribution < 1.29 is 9.47 Å². The second-order valence-electron chi connectivity index (χ2n) is 7.40. The van der Waals surface area contributed by atoms with Gasteiger partial charge in [-0.1, -0.05) is 44.9 Å². The van der Waals surface area contributed by atoms with E-state index in [-0.39, 0.29) is 11.7 Å². The van der Waals surface area contributed by atoms with Gasteiger partial charge in [-0.2, -0.15) is 0 Å². The van der Waals surface area contributed by atoms with Crippen LogP contribution in [0.2, 0.25) is 0 Å². The molecule has 1 unspecified atom stereocenters. The maximum atomic E-state index is 5.85. The third kappa shape index (κ3) is 17.4. The first-order chi connectivity index (χ1) is 10.8.